The molecule has 202 valence electrons. The second-order valence-electron chi connectivity index (χ2n) is 10.6. The molecular weight excluding hydrogens is 504 g/mol. The van der Waals surface area contributed by atoms with E-state index in [-0.39, 0.29) is 47.8 Å². The third kappa shape index (κ3) is 5.08. The first-order valence-electron chi connectivity index (χ1n) is 13.3. The van der Waals surface area contributed by atoms with Gasteiger partial charge in [-0.05, 0) is 80.3 Å². The number of piperidine rings is 1. The Kier molecular flexibility index (Phi) is 6.72. The zero-order chi connectivity index (χ0) is 27.1. The Morgan fingerprint density at radius 1 is 0.974 bits per heavy atom. The van der Waals surface area contributed by atoms with Crippen LogP contribution in [0, 0.1) is 17.7 Å². The van der Waals surface area contributed by atoms with Crippen molar-refractivity contribution in [2.75, 3.05) is 31.9 Å². The largest absolute Gasteiger partial charge is 0.382 e. The zero-order valence-electron chi connectivity index (χ0n) is 21.4. The molecule has 10 heteroatoms. The summed E-state index contributed by atoms with van der Waals surface area (Å²) in [6.45, 7) is 3.64. The molecule has 3 heterocycles. The van der Waals surface area contributed by atoms with Gasteiger partial charge in [0.15, 0.2) is 5.82 Å². The second-order valence-corrected chi connectivity index (χ2v) is 10.6. The van der Waals surface area contributed by atoms with Gasteiger partial charge in [0.2, 0.25) is 5.95 Å². The molecule has 0 bridgehead atoms. The Morgan fingerprint density at radius 2 is 1.72 bits per heavy atom. The lowest BCUT2D eigenvalue weighted by Gasteiger charge is -2.32. The summed E-state index contributed by atoms with van der Waals surface area (Å²) in [5.41, 5.74) is 8.44. The predicted molar refractivity (Wildman–Crippen MR) is 140 cm³/mol. The fourth-order valence-electron chi connectivity index (χ4n) is 5.69. The molecule has 3 aliphatic rings. The summed E-state index contributed by atoms with van der Waals surface area (Å²) in [6.07, 6.45) is 5.20. The van der Waals surface area contributed by atoms with Crippen molar-refractivity contribution in [3.05, 3.63) is 64.9 Å². The number of anilines is 1. The average molecular weight is 534 g/mol. The van der Waals surface area contributed by atoms with Crippen molar-refractivity contribution in [3.8, 4) is 22.5 Å². The van der Waals surface area contributed by atoms with E-state index < -0.39 is 17.7 Å². The Balaban J connectivity index is 1.24. The third-order valence-electron chi connectivity index (χ3n) is 7.98. The number of nitrogens with zero attached hydrogens (tertiary/aromatic N) is 4. The number of carbonyl (C=O) groups is 2. The van der Waals surface area contributed by atoms with Gasteiger partial charge in [0.1, 0.15) is 17.2 Å². The van der Waals surface area contributed by atoms with Crippen LogP contribution in [0.25, 0.3) is 22.5 Å². The van der Waals surface area contributed by atoms with Crippen LogP contribution in [0.3, 0.4) is 0 Å². The predicted octanol–water partition coefficient (Wildman–Crippen LogP) is 4.35. The molecule has 1 saturated heterocycles. The number of benzene rings is 2. The van der Waals surface area contributed by atoms with Gasteiger partial charge in [-0.2, -0.15) is 14.4 Å². The van der Waals surface area contributed by atoms with Gasteiger partial charge >= 0.3 is 6.47 Å². The SMILES string of the molecule is Nc1nc(F)c(-c2ccc(C3CCN(CC4CC4)CC3)cc2)nc1-c1cc(F)c2c(c1)CCN(OC=O)C2=O. The lowest BCUT2D eigenvalue weighted by atomic mass is 9.88. The second kappa shape index (κ2) is 10.3. The molecule has 2 fully saturated rings. The van der Waals surface area contributed by atoms with E-state index in [1.807, 2.05) is 24.3 Å². The molecule has 1 aliphatic carbocycles. The van der Waals surface area contributed by atoms with E-state index in [0.29, 0.717) is 17.0 Å². The molecule has 6 rings (SSSR count). The van der Waals surface area contributed by atoms with E-state index in [0.717, 1.165) is 43.0 Å². The molecule has 2 N–H and O–H groups in total. The summed E-state index contributed by atoms with van der Waals surface area (Å²) in [7, 11) is 0. The minimum Gasteiger partial charge on any atom is -0.382 e. The molecule has 2 aromatic carbocycles. The molecule has 3 aromatic rings. The van der Waals surface area contributed by atoms with E-state index in [9.17, 15) is 14.0 Å². The molecule has 2 aliphatic heterocycles. The number of hydrogen-bond donors (Lipinski definition) is 1. The fourth-order valence-corrected chi connectivity index (χ4v) is 5.69. The summed E-state index contributed by atoms with van der Waals surface area (Å²) in [4.78, 5) is 38.7. The number of likely N-dealkylation sites (tertiary alicyclic amines) is 1. The van der Waals surface area contributed by atoms with Crippen molar-refractivity contribution in [1.82, 2.24) is 19.9 Å². The monoisotopic (exact) mass is 533 g/mol. The average Bonchev–Trinajstić information content (AvgIpc) is 3.75. The number of rotatable bonds is 7. The number of fused-ring (bicyclic) bond motifs is 1. The summed E-state index contributed by atoms with van der Waals surface area (Å²) in [6, 6.07) is 10.4. The molecule has 1 aromatic heterocycles. The highest BCUT2D eigenvalue weighted by atomic mass is 19.1. The minimum absolute atomic E-state index is 0.0183. The van der Waals surface area contributed by atoms with Gasteiger partial charge in [-0.3, -0.25) is 9.59 Å². The number of nitrogens with two attached hydrogens (primary N) is 1. The number of hydroxylamine groups is 2. The highest BCUT2D eigenvalue weighted by Gasteiger charge is 2.31. The van der Waals surface area contributed by atoms with Crippen molar-refractivity contribution in [2.24, 2.45) is 5.92 Å². The van der Waals surface area contributed by atoms with Crippen LogP contribution in [-0.4, -0.2) is 58.5 Å². The van der Waals surface area contributed by atoms with Crippen LogP contribution < -0.4 is 5.73 Å². The standard InChI is InChI=1S/C29H29F2N5O3/c30-23-14-22(13-21-9-12-36(39-16-37)29(38)24(21)23)26-28(32)34-27(31)25(33-26)20-5-3-18(4-6-20)19-7-10-35(11-8-19)15-17-1-2-17/h3-6,13-14,16-17,19H,1-2,7-12,15H2,(H2,32,34). The van der Waals surface area contributed by atoms with Crippen molar-refractivity contribution >= 4 is 18.2 Å². The number of hydrogen-bond acceptors (Lipinski definition) is 7. The van der Waals surface area contributed by atoms with Crippen molar-refractivity contribution in [1.29, 1.82) is 0 Å². The van der Waals surface area contributed by atoms with Gasteiger partial charge in [0, 0.05) is 17.7 Å². The lowest BCUT2D eigenvalue weighted by molar-refractivity contribution is -0.161. The fraction of sp³-hybridized carbons (Fsp3) is 0.379. The van der Waals surface area contributed by atoms with Gasteiger partial charge < -0.3 is 15.5 Å². The van der Waals surface area contributed by atoms with Crippen LogP contribution >= 0.6 is 0 Å². The van der Waals surface area contributed by atoms with Gasteiger partial charge in [0.05, 0.1) is 12.1 Å². The van der Waals surface area contributed by atoms with E-state index in [1.54, 1.807) is 6.07 Å². The van der Waals surface area contributed by atoms with Crippen LogP contribution in [0.4, 0.5) is 14.6 Å². The van der Waals surface area contributed by atoms with Crippen LogP contribution in [0.15, 0.2) is 36.4 Å². The summed E-state index contributed by atoms with van der Waals surface area (Å²) < 4.78 is 30.0. The third-order valence-corrected chi connectivity index (χ3v) is 7.98. The highest BCUT2D eigenvalue weighted by Crippen LogP contribution is 2.35. The number of halogens is 2. The van der Waals surface area contributed by atoms with E-state index in [1.165, 1.54) is 24.9 Å². The van der Waals surface area contributed by atoms with E-state index in [2.05, 4.69) is 19.7 Å². The first-order chi connectivity index (χ1) is 18.9. The number of carbonyl (C=O) groups excluding carboxylic acids is 2. The maximum absolute atomic E-state index is 15.1. The number of aromatic nitrogens is 2. The molecular formula is C29H29F2N5O3. The van der Waals surface area contributed by atoms with Crippen molar-refractivity contribution in [3.63, 3.8) is 0 Å². The summed E-state index contributed by atoms with van der Waals surface area (Å²) >= 11 is 0. The van der Waals surface area contributed by atoms with Crippen molar-refractivity contribution in [2.45, 2.75) is 38.0 Å². The van der Waals surface area contributed by atoms with Gasteiger partial charge in [0.25, 0.3) is 5.91 Å². The topological polar surface area (TPSA) is 102 Å². The molecule has 1 amide bonds. The van der Waals surface area contributed by atoms with Gasteiger partial charge in [-0.25, -0.2) is 9.37 Å². The number of amides is 1. The first kappa shape index (κ1) is 25.4. The lowest BCUT2D eigenvalue weighted by Crippen LogP contribution is -2.38. The molecule has 0 unspecified atom stereocenters. The molecule has 39 heavy (non-hydrogen) atoms. The van der Waals surface area contributed by atoms with Gasteiger partial charge in [-0.15, -0.1) is 0 Å². The normalized spacial score (nSPS) is 18.2. The van der Waals surface area contributed by atoms with E-state index in [4.69, 9.17) is 5.73 Å². The van der Waals surface area contributed by atoms with Crippen LogP contribution in [0.1, 0.15) is 53.1 Å². The maximum Gasteiger partial charge on any atom is 0.320 e. The maximum atomic E-state index is 15.1. The van der Waals surface area contributed by atoms with Crippen molar-refractivity contribution < 1.29 is 23.2 Å². The molecule has 0 radical (unpaired) electrons. The van der Waals surface area contributed by atoms with Crippen LogP contribution in [0.5, 0.6) is 0 Å². The summed E-state index contributed by atoms with van der Waals surface area (Å²) in [5, 5.41) is 0.809. The smallest absolute Gasteiger partial charge is 0.320 e. The van der Waals surface area contributed by atoms with Gasteiger partial charge in [-0.1, -0.05) is 24.3 Å². The first-order valence-corrected chi connectivity index (χ1v) is 13.3. The minimum atomic E-state index is -0.814. The quantitative estimate of drug-likeness (QED) is 0.451. The molecule has 1 saturated carbocycles. The summed E-state index contributed by atoms with van der Waals surface area (Å²) in [5.74, 6) is -1.19. The molecule has 0 atom stereocenters. The van der Waals surface area contributed by atoms with E-state index >= 15 is 4.39 Å². The Morgan fingerprint density at radius 3 is 2.41 bits per heavy atom. The van der Waals surface area contributed by atoms with Crippen LogP contribution in [-0.2, 0) is 16.1 Å². The Bertz CT molecular complexity index is 1420. The van der Waals surface area contributed by atoms with Crippen LogP contribution in [0.2, 0.25) is 0 Å². The number of nitrogen functional groups attached to an aromatic ring is 1. The molecule has 0 spiro atoms. The zero-order valence-corrected chi connectivity index (χ0v) is 21.4. The highest BCUT2D eigenvalue weighted by molar-refractivity contribution is 5.97. The molecule has 8 nitrogen and oxygen atoms in total. The Hall–Kier alpha value is -3.92. The Labute approximate surface area is 224 Å².